The molecule has 2 fully saturated rings. The first-order valence-electron chi connectivity index (χ1n) is 21.8. The van der Waals surface area contributed by atoms with E-state index >= 15 is 0 Å². The van der Waals surface area contributed by atoms with E-state index in [0.717, 1.165) is 0 Å². The van der Waals surface area contributed by atoms with Crippen LogP contribution >= 0.6 is 0 Å². The molecule has 15 nitrogen and oxygen atoms in total. The van der Waals surface area contributed by atoms with Crippen molar-refractivity contribution >= 4 is 37.9 Å². The molecule has 0 spiro atoms. The van der Waals surface area contributed by atoms with Crippen molar-refractivity contribution in [1.82, 2.24) is 0 Å². The highest BCUT2D eigenvalue weighted by Crippen LogP contribution is 2.35. The Balaban J connectivity index is 1.30. The molecule has 0 aromatic heterocycles. The molecule has 7 rings (SSSR count). The molecule has 0 unspecified atom stereocenters. The van der Waals surface area contributed by atoms with E-state index in [9.17, 15) is 29.1 Å². The fraction of sp³-hybridized carbons (Fsp3) is 0.314. The molecule has 2 aliphatic heterocycles. The summed E-state index contributed by atoms with van der Waals surface area (Å²) in [7, 11) is -1.72. The van der Waals surface area contributed by atoms with E-state index in [4.69, 9.17) is 42.6 Å². The minimum Gasteiger partial charge on any atom is -0.459 e. The minimum absolute atomic E-state index is 0.105. The Bertz CT molecular complexity index is 2400. The molecule has 2 heterocycles. The second-order valence-corrected chi connectivity index (χ2v) is 22.6. The second kappa shape index (κ2) is 22.8. The van der Waals surface area contributed by atoms with E-state index in [2.05, 4.69) is 19.6 Å². The Morgan fingerprint density at radius 2 is 0.910 bits per heavy atom. The lowest BCUT2D eigenvalue weighted by Gasteiger charge is -2.47. The van der Waals surface area contributed by atoms with Gasteiger partial charge in [-0.05, 0) is 66.7 Å². The summed E-state index contributed by atoms with van der Waals surface area (Å²) >= 11 is 0. The lowest BCUT2D eigenvalue weighted by molar-refractivity contribution is -0.340. The van der Waals surface area contributed by atoms with Crippen molar-refractivity contribution in [2.75, 3.05) is 19.8 Å². The highest BCUT2D eigenvalue weighted by Gasteiger charge is 2.56. The van der Waals surface area contributed by atoms with Crippen molar-refractivity contribution in [3.05, 3.63) is 179 Å². The molecule has 9 atom stereocenters. The van der Waals surface area contributed by atoms with Gasteiger partial charge in [0.15, 0.2) is 37.0 Å². The number of aliphatic hydroxyl groups excluding tert-OH is 1. The summed E-state index contributed by atoms with van der Waals surface area (Å²) in [5.41, 5.74) is 0.746. The number of esters is 5. The number of ether oxygens (including phenoxy) is 9. The third-order valence-electron chi connectivity index (χ3n) is 10.9. The first kappa shape index (κ1) is 48.4. The van der Waals surface area contributed by atoms with Gasteiger partial charge >= 0.3 is 29.8 Å². The zero-order valence-corrected chi connectivity index (χ0v) is 38.1. The molecule has 350 valence electrons. The Morgan fingerprint density at radius 3 is 1.34 bits per heavy atom. The fourth-order valence-corrected chi connectivity index (χ4v) is 8.01. The van der Waals surface area contributed by atoms with Crippen LogP contribution in [0.2, 0.25) is 25.7 Å². The molecule has 0 saturated carbocycles. The minimum atomic E-state index is -1.73. The highest BCUT2D eigenvalue weighted by molar-refractivity contribution is 6.76. The maximum atomic E-state index is 14.1. The maximum absolute atomic E-state index is 14.1. The van der Waals surface area contributed by atoms with Crippen molar-refractivity contribution < 1.29 is 71.7 Å². The molecule has 5 aromatic rings. The summed E-state index contributed by atoms with van der Waals surface area (Å²) in [4.78, 5) is 69.2. The molecule has 2 saturated heterocycles. The lowest BCUT2D eigenvalue weighted by atomic mass is 9.97. The van der Waals surface area contributed by atoms with Gasteiger partial charge < -0.3 is 47.7 Å². The van der Waals surface area contributed by atoms with Crippen molar-refractivity contribution in [3.8, 4) is 0 Å². The van der Waals surface area contributed by atoms with Crippen LogP contribution in [0.1, 0.15) is 51.8 Å². The third kappa shape index (κ3) is 13.1. The average Bonchev–Trinajstić information content (AvgIpc) is 3.35. The van der Waals surface area contributed by atoms with Gasteiger partial charge in [0.1, 0.15) is 24.9 Å². The zero-order valence-electron chi connectivity index (χ0n) is 37.1. The Labute approximate surface area is 388 Å². The largest absolute Gasteiger partial charge is 0.459 e. The van der Waals surface area contributed by atoms with Crippen molar-refractivity contribution in [2.45, 2.75) is 81.0 Å². The van der Waals surface area contributed by atoms with E-state index in [1.165, 1.54) is 36.4 Å². The monoisotopic (exact) mass is 932 g/mol. The first-order chi connectivity index (χ1) is 32.3. The molecule has 5 aromatic carbocycles. The predicted octanol–water partition coefficient (Wildman–Crippen LogP) is 6.93. The Hall–Kier alpha value is -6.53. The van der Waals surface area contributed by atoms with E-state index in [-0.39, 0.29) is 41.0 Å². The molecule has 0 bridgehead atoms. The standard InChI is InChI=1S/C51H52O15Si/c1-67(2,3)30-29-58-40-38(31-60-50(57)43(40)65-48(55)36-25-15-7-16-26-36)61-51-44(66-49(56)37-27-17-8-18-28-37)42(64-47(54)35-23-13-6-14-24-35)41(63-46(53)34-21-11-5-12-22-34)39(62-51)32-59-45(52)33-19-9-4-10-20-33/h4-28,38-44,50-51,57H,29-32H2,1-3H3/t38-,39-,40+,41+,42+,43-,44-,50+,51-/m1/s1. The van der Waals surface area contributed by atoms with E-state index in [0.29, 0.717) is 6.04 Å². The van der Waals surface area contributed by atoms with Gasteiger partial charge in [0.25, 0.3) is 0 Å². The molecule has 2 aliphatic rings. The van der Waals surface area contributed by atoms with E-state index < -0.39 is 99.8 Å². The van der Waals surface area contributed by atoms with Crippen LogP contribution in [-0.4, -0.2) is 118 Å². The SMILES string of the molecule is C[Si](C)(C)CCO[C@@H]1[C@@H](OC(=O)c2ccccc2)[C@@H](O)OC[C@H]1O[C@@H]1O[C@H](COC(=O)c2ccccc2)[C@H](OC(=O)c2ccccc2)[C@H](OC(=O)c2ccccc2)[C@H]1OC(=O)c1ccccc1. The molecule has 0 aliphatic carbocycles. The highest BCUT2D eigenvalue weighted by atomic mass is 28.3. The van der Waals surface area contributed by atoms with Gasteiger partial charge in [0, 0.05) is 14.7 Å². The number of rotatable bonds is 17. The lowest BCUT2D eigenvalue weighted by Crippen LogP contribution is -2.65. The molecule has 67 heavy (non-hydrogen) atoms. The summed E-state index contributed by atoms with van der Waals surface area (Å²) in [5.74, 6) is -4.17. The topological polar surface area (TPSA) is 189 Å². The number of hydrogen-bond donors (Lipinski definition) is 1. The van der Waals surface area contributed by atoms with E-state index in [1.54, 1.807) is 115 Å². The van der Waals surface area contributed by atoms with Gasteiger partial charge in [-0.3, -0.25) is 0 Å². The second-order valence-electron chi connectivity index (χ2n) is 17.0. The van der Waals surface area contributed by atoms with Gasteiger partial charge in [-0.25, -0.2) is 24.0 Å². The van der Waals surface area contributed by atoms with Crippen LogP contribution in [0.4, 0.5) is 0 Å². The maximum Gasteiger partial charge on any atom is 0.338 e. The van der Waals surface area contributed by atoms with Gasteiger partial charge in [0.05, 0.1) is 34.4 Å². The average molecular weight is 933 g/mol. The van der Waals surface area contributed by atoms with Crippen molar-refractivity contribution in [2.24, 2.45) is 0 Å². The van der Waals surface area contributed by atoms with Crippen LogP contribution in [0, 0.1) is 0 Å². The van der Waals surface area contributed by atoms with Crippen molar-refractivity contribution in [1.29, 1.82) is 0 Å². The summed E-state index contributed by atoms with van der Waals surface area (Å²) in [6.07, 6.45) is -13.8. The Kier molecular flexibility index (Phi) is 16.5. The molecule has 16 heteroatoms. The summed E-state index contributed by atoms with van der Waals surface area (Å²) < 4.78 is 55.7. The summed E-state index contributed by atoms with van der Waals surface area (Å²) in [6, 6.07) is 40.9. The normalized spacial score (nSPS) is 23.8. The van der Waals surface area contributed by atoms with Crippen LogP contribution in [0.3, 0.4) is 0 Å². The summed E-state index contributed by atoms with van der Waals surface area (Å²) in [6.45, 7) is 5.69. The first-order valence-corrected chi connectivity index (χ1v) is 25.5. The van der Waals surface area contributed by atoms with Crippen LogP contribution in [0.15, 0.2) is 152 Å². The number of benzene rings is 5. The van der Waals surface area contributed by atoms with Gasteiger partial charge in [0.2, 0.25) is 0 Å². The number of hydrogen-bond acceptors (Lipinski definition) is 15. The van der Waals surface area contributed by atoms with Gasteiger partial charge in [-0.2, -0.15) is 0 Å². The van der Waals surface area contributed by atoms with E-state index in [1.807, 2.05) is 0 Å². The van der Waals surface area contributed by atoms with Crippen LogP contribution in [0.5, 0.6) is 0 Å². The quantitative estimate of drug-likeness (QED) is 0.0574. The summed E-state index contributed by atoms with van der Waals surface area (Å²) in [5, 5.41) is 11.3. The predicted molar refractivity (Wildman–Crippen MR) is 243 cm³/mol. The third-order valence-corrected chi connectivity index (χ3v) is 12.6. The Morgan fingerprint density at radius 1 is 0.522 bits per heavy atom. The van der Waals surface area contributed by atoms with Crippen molar-refractivity contribution in [3.63, 3.8) is 0 Å². The molecular weight excluding hydrogens is 881 g/mol. The molecule has 0 radical (unpaired) electrons. The molecule has 0 amide bonds. The fourth-order valence-electron chi connectivity index (χ4n) is 7.28. The molecular formula is C51H52O15Si. The van der Waals surface area contributed by atoms with Crippen LogP contribution in [-0.2, 0) is 42.6 Å². The van der Waals surface area contributed by atoms with Crippen LogP contribution < -0.4 is 0 Å². The zero-order chi connectivity index (χ0) is 47.3. The molecule has 1 N–H and O–H groups in total. The number of carbonyl (C=O) groups is 5. The van der Waals surface area contributed by atoms with Gasteiger partial charge in [-0.1, -0.05) is 111 Å². The number of aliphatic hydroxyl groups is 1. The smallest absolute Gasteiger partial charge is 0.338 e. The van der Waals surface area contributed by atoms with Crippen LogP contribution in [0.25, 0.3) is 0 Å². The number of carbonyl (C=O) groups excluding carboxylic acids is 5. The van der Waals surface area contributed by atoms with Gasteiger partial charge in [-0.15, -0.1) is 0 Å².